The van der Waals surface area contributed by atoms with Gasteiger partial charge < -0.3 is 10.1 Å². The van der Waals surface area contributed by atoms with Crippen molar-refractivity contribution in [2.24, 2.45) is 5.41 Å². The molecule has 1 heterocycles. The van der Waals surface area contributed by atoms with Crippen LogP contribution >= 0.6 is 11.3 Å². The number of rotatable bonds is 3. The predicted molar refractivity (Wildman–Crippen MR) is 76.1 cm³/mol. The van der Waals surface area contributed by atoms with E-state index in [1.54, 1.807) is 7.11 Å². The SMILES string of the molecule is CNC1CCCc2sc(C(OC)C(C)(C)C)nc21. The third-order valence-electron chi connectivity index (χ3n) is 3.57. The first kappa shape index (κ1) is 14.0. The second-order valence-electron chi connectivity index (χ2n) is 6.08. The molecule has 0 saturated carbocycles. The Morgan fingerprint density at radius 2 is 2.17 bits per heavy atom. The van der Waals surface area contributed by atoms with Crippen molar-refractivity contribution in [1.82, 2.24) is 10.3 Å². The van der Waals surface area contributed by atoms with Crippen LogP contribution in [0.15, 0.2) is 0 Å². The highest BCUT2D eigenvalue weighted by atomic mass is 32.1. The van der Waals surface area contributed by atoms with Gasteiger partial charge in [-0.3, -0.25) is 0 Å². The first-order chi connectivity index (χ1) is 8.47. The molecule has 2 atom stereocenters. The molecule has 2 unspecified atom stereocenters. The lowest BCUT2D eigenvalue weighted by molar-refractivity contribution is 0.0149. The van der Waals surface area contributed by atoms with Gasteiger partial charge in [-0.1, -0.05) is 20.8 Å². The summed E-state index contributed by atoms with van der Waals surface area (Å²) in [6.45, 7) is 6.62. The summed E-state index contributed by atoms with van der Waals surface area (Å²) in [4.78, 5) is 6.32. The summed E-state index contributed by atoms with van der Waals surface area (Å²) in [5, 5.41) is 4.51. The maximum atomic E-state index is 5.67. The largest absolute Gasteiger partial charge is 0.374 e. The average Bonchev–Trinajstić information content (AvgIpc) is 2.70. The highest BCUT2D eigenvalue weighted by molar-refractivity contribution is 7.11. The van der Waals surface area contributed by atoms with E-state index in [1.807, 2.05) is 18.4 Å². The quantitative estimate of drug-likeness (QED) is 0.911. The van der Waals surface area contributed by atoms with Crippen LogP contribution in [0.5, 0.6) is 0 Å². The molecule has 1 aliphatic rings. The van der Waals surface area contributed by atoms with Gasteiger partial charge >= 0.3 is 0 Å². The fourth-order valence-corrected chi connectivity index (χ4v) is 4.15. The van der Waals surface area contributed by atoms with Crippen LogP contribution in [0.4, 0.5) is 0 Å². The van der Waals surface area contributed by atoms with Crippen LogP contribution in [-0.4, -0.2) is 19.1 Å². The van der Waals surface area contributed by atoms with Gasteiger partial charge in [-0.25, -0.2) is 4.98 Å². The molecule has 0 aliphatic heterocycles. The Balaban J connectivity index is 2.33. The third kappa shape index (κ3) is 2.60. The number of aromatic nitrogens is 1. The molecular weight excluding hydrogens is 244 g/mol. The van der Waals surface area contributed by atoms with Crippen molar-refractivity contribution < 1.29 is 4.74 Å². The van der Waals surface area contributed by atoms with Crippen molar-refractivity contribution in [3.05, 3.63) is 15.6 Å². The molecule has 0 aromatic carbocycles. The fourth-order valence-electron chi connectivity index (χ4n) is 2.66. The maximum absolute atomic E-state index is 5.67. The molecule has 1 N–H and O–H groups in total. The van der Waals surface area contributed by atoms with Gasteiger partial charge in [0.1, 0.15) is 11.1 Å². The van der Waals surface area contributed by atoms with Crippen molar-refractivity contribution in [3.63, 3.8) is 0 Å². The molecule has 102 valence electrons. The second-order valence-corrected chi connectivity index (χ2v) is 7.19. The number of thiazole rings is 1. The molecule has 0 radical (unpaired) electrons. The molecule has 0 amide bonds. The van der Waals surface area contributed by atoms with Crippen LogP contribution < -0.4 is 5.32 Å². The van der Waals surface area contributed by atoms with Crippen molar-refractivity contribution in [2.45, 2.75) is 52.2 Å². The normalized spacial score (nSPS) is 21.7. The number of methoxy groups -OCH3 is 1. The van der Waals surface area contributed by atoms with Gasteiger partial charge in [-0.05, 0) is 31.7 Å². The lowest BCUT2D eigenvalue weighted by Gasteiger charge is -2.27. The number of hydrogen-bond acceptors (Lipinski definition) is 4. The molecule has 1 aromatic rings. The number of fused-ring (bicyclic) bond motifs is 1. The van der Waals surface area contributed by atoms with Crippen LogP contribution in [0, 0.1) is 5.41 Å². The number of hydrogen-bond donors (Lipinski definition) is 1. The number of ether oxygens (including phenoxy) is 1. The molecule has 18 heavy (non-hydrogen) atoms. The average molecular weight is 268 g/mol. The Bertz CT molecular complexity index is 408. The summed E-state index contributed by atoms with van der Waals surface area (Å²) in [7, 11) is 3.81. The first-order valence-electron chi connectivity index (χ1n) is 6.67. The third-order valence-corrected chi connectivity index (χ3v) is 4.74. The molecule has 4 heteroatoms. The van der Waals surface area contributed by atoms with E-state index in [0.717, 1.165) is 5.01 Å². The smallest absolute Gasteiger partial charge is 0.123 e. The minimum absolute atomic E-state index is 0.0876. The number of nitrogens with one attached hydrogen (secondary N) is 1. The number of nitrogens with zero attached hydrogens (tertiary/aromatic N) is 1. The zero-order valence-electron chi connectivity index (χ0n) is 12.0. The van der Waals surface area contributed by atoms with Crippen LogP contribution in [0.1, 0.15) is 61.3 Å². The topological polar surface area (TPSA) is 34.1 Å². The number of aryl methyl sites for hydroxylation is 1. The van der Waals surface area contributed by atoms with Crippen molar-refractivity contribution in [2.75, 3.05) is 14.2 Å². The first-order valence-corrected chi connectivity index (χ1v) is 7.48. The Kier molecular flexibility index (Phi) is 4.09. The van der Waals surface area contributed by atoms with Gasteiger partial charge in [0.05, 0.1) is 11.7 Å². The standard InChI is InChI=1S/C14H24N2OS/c1-14(2,3)12(17-5)13-16-11-9(15-4)7-6-8-10(11)18-13/h9,12,15H,6-8H2,1-5H3. The Labute approximate surface area is 114 Å². The molecule has 3 nitrogen and oxygen atoms in total. The van der Waals surface area contributed by atoms with E-state index < -0.39 is 0 Å². The van der Waals surface area contributed by atoms with Crippen molar-refractivity contribution in [3.8, 4) is 0 Å². The molecule has 0 fully saturated rings. The van der Waals surface area contributed by atoms with E-state index in [-0.39, 0.29) is 11.5 Å². The molecule has 1 aromatic heterocycles. The van der Waals surface area contributed by atoms with Crippen LogP contribution in [0.2, 0.25) is 0 Å². The Morgan fingerprint density at radius 1 is 1.44 bits per heavy atom. The maximum Gasteiger partial charge on any atom is 0.123 e. The van der Waals surface area contributed by atoms with E-state index >= 15 is 0 Å². The Hall–Kier alpha value is -0.450. The van der Waals surface area contributed by atoms with Crippen LogP contribution in [0.3, 0.4) is 0 Å². The molecule has 2 rings (SSSR count). The summed E-state index contributed by atoms with van der Waals surface area (Å²) in [6.07, 6.45) is 3.71. The van der Waals surface area contributed by atoms with Gasteiger partial charge in [-0.15, -0.1) is 11.3 Å². The highest BCUT2D eigenvalue weighted by Crippen LogP contribution is 2.41. The van der Waals surface area contributed by atoms with Gasteiger partial charge in [0.15, 0.2) is 0 Å². The van der Waals surface area contributed by atoms with E-state index in [4.69, 9.17) is 9.72 Å². The van der Waals surface area contributed by atoms with Crippen molar-refractivity contribution in [1.29, 1.82) is 0 Å². The van der Waals surface area contributed by atoms with E-state index in [0.29, 0.717) is 6.04 Å². The minimum atomic E-state index is 0.0876. The van der Waals surface area contributed by atoms with E-state index in [9.17, 15) is 0 Å². The van der Waals surface area contributed by atoms with E-state index in [1.165, 1.54) is 29.8 Å². The van der Waals surface area contributed by atoms with Crippen LogP contribution in [-0.2, 0) is 11.2 Å². The van der Waals surface area contributed by atoms with Crippen LogP contribution in [0.25, 0.3) is 0 Å². The second kappa shape index (κ2) is 5.27. The molecule has 0 bridgehead atoms. The van der Waals surface area contributed by atoms with E-state index in [2.05, 4.69) is 26.1 Å². The van der Waals surface area contributed by atoms with Crippen molar-refractivity contribution >= 4 is 11.3 Å². The predicted octanol–water partition coefficient (Wildman–Crippen LogP) is 3.47. The molecule has 1 aliphatic carbocycles. The zero-order chi connectivity index (χ0) is 13.3. The molecular formula is C14H24N2OS. The summed E-state index contributed by atoms with van der Waals surface area (Å²) in [5.41, 5.74) is 1.35. The summed E-state index contributed by atoms with van der Waals surface area (Å²) in [6, 6.07) is 0.427. The lowest BCUT2D eigenvalue weighted by atomic mass is 9.89. The molecule has 0 saturated heterocycles. The van der Waals surface area contributed by atoms with Gasteiger partial charge in [0.2, 0.25) is 0 Å². The zero-order valence-corrected chi connectivity index (χ0v) is 12.9. The summed E-state index contributed by atoms with van der Waals surface area (Å²) in [5.74, 6) is 0. The van der Waals surface area contributed by atoms with Gasteiger partial charge in [0.25, 0.3) is 0 Å². The van der Waals surface area contributed by atoms with Gasteiger partial charge in [0, 0.05) is 12.0 Å². The van der Waals surface area contributed by atoms with Gasteiger partial charge in [-0.2, -0.15) is 0 Å². The minimum Gasteiger partial charge on any atom is -0.374 e. The monoisotopic (exact) mass is 268 g/mol. The highest BCUT2D eigenvalue weighted by Gasteiger charge is 2.32. The molecule has 0 spiro atoms. The fraction of sp³-hybridized carbons (Fsp3) is 0.786. The summed E-state index contributed by atoms with van der Waals surface area (Å²) < 4.78 is 5.67. The summed E-state index contributed by atoms with van der Waals surface area (Å²) >= 11 is 1.84. The Morgan fingerprint density at radius 3 is 2.72 bits per heavy atom. The lowest BCUT2D eigenvalue weighted by Crippen LogP contribution is -2.22.